The van der Waals surface area contributed by atoms with E-state index in [1.807, 2.05) is 70.6 Å². The summed E-state index contributed by atoms with van der Waals surface area (Å²) in [6, 6.07) is 0. The molecule has 2 heterocycles. The van der Waals surface area contributed by atoms with Gasteiger partial charge >= 0.3 is 5.97 Å². The van der Waals surface area contributed by atoms with E-state index in [0.717, 1.165) is 25.0 Å². The summed E-state index contributed by atoms with van der Waals surface area (Å²) in [4.78, 5) is 10.7. The Labute approximate surface area is 235 Å². The van der Waals surface area contributed by atoms with Crippen LogP contribution in [0.5, 0.6) is 0 Å². The minimum atomic E-state index is -0.681. The van der Waals surface area contributed by atoms with Crippen molar-refractivity contribution in [2.75, 3.05) is 23.5 Å². The molecule has 0 amide bonds. The molecule has 2 nitrogen and oxygen atoms in total. The molecular formula is C23H36O2S8. The van der Waals surface area contributed by atoms with Gasteiger partial charge in [-0.2, -0.15) is 0 Å². The average molecular weight is 601 g/mol. The third-order valence-corrected chi connectivity index (χ3v) is 16.3. The molecule has 0 atom stereocenters. The van der Waals surface area contributed by atoms with Crippen LogP contribution in [0.2, 0.25) is 0 Å². The Morgan fingerprint density at radius 2 is 1.09 bits per heavy atom. The van der Waals surface area contributed by atoms with Gasteiger partial charge in [0.05, 0.1) is 25.4 Å². The Morgan fingerprint density at radius 3 is 1.52 bits per heavy atom. The molecule has 10 heteroatoms. The van der Waals surface area contributed by atoms with Crippen LogP contribution in [0.25, 0.3) is 0 Å². The number of rotatable bonds is 18. The molecule has 33 heavy (non-hydrogen) atoms. The van der Waals surface area contributed by atoms with E-state index in [2.05, 4.69) is 43.6 Å². The lowest BCUT2D eigenvalue weighted by Gasteiger charge is -2.04. The topological polar surface area (TPSA) is 37.3 Å². The first-order chi connectivity index (χ1) is 16.1. The predicted octanol–water partition coefficient (Wildman–Crippen LogP) is 10.9. The first-order valence-electron chi connectivity index (χ1n) is 11.7. The Kier molecular flexibility index (Phi) is 17.4. The fourth-order valence-electron chi connectivity index (χ4n) is 2.86. The van der Waals surface area contributed by atoms with E-state index < -0.39 is 5.97 Å². The predicted molar refractivity (Wildman–Crippen MR) is 167 cm³/mol. The summed E-state index contributed by atoms with van der Waals surface area (Å²) >= 11 is 15.9. The minimum absolute atomic E-state index is 0.295. The quantitative estimate of drug-likeness (QED) is 0.153. The highest BCUT2D eigenvalue weighted by Gasteiger charge is 2.30. The highest BCUT2D eigenvalue weighted by Crippen LogP contribution is 2.66. The summed E-state index contributed by atoms with van der Waals surface area (Å²) in [5.74, 6) is 2.86. The molecule has 0 fully saturated rings. The van der Waals surface area contributed by atoms with Gasteiger partial charge < -0.3 is 5.11 Å². The molecule has 0 aromatic heterocycles. The standard InChI is InChI=1S/C23H36O2S8/c1-4-6-10-14-28-20-21(29-15-11-7-5-2)33-23(32-20)22-30-18(26-3)19(31-22)27-16-12-8-9-13-17(24)25/h4-16H2,1-3H3,(H,24,25). The fraction of sp³-hybridized carbons (Fsp3) is 0.696. The second-order valence-corrected chi connectivity index (χ2v) is 17.3. The van der Waals surface area contributed by atoms with Crippen LogP contribution in [-0.4, -0.2) is 34.6 Å². The molecule has 0 saturated carbocycles. The lowest BCUT2D eigenvalue weighted by atomic mass is 10.2. The lowest BCUT2D eigenvalue weighted by molar-refractivity contribution is -0.137. The number of unbranched alkanes of at least 4 members (excludes halogenated alkanes) is 6. The maximum absolute atomic E-state index is 10.7. The molecule has 0 aromatic rings. The number of carbonyl (C=O) groups is 1. The summed E-state index contributed by atoms with van der Waals surface area (Å²) in [5.41, 5.74) is 0. The number of carboxylic acids is 1. The van der Waals surface area contributed by atoms with Gasteiger partial charge in [-0.3, -0.25) is 4.79 Å². The molecular weight excluding hydrogens is 565 g/mol. The van der Waals surface area contributed by atoms with Gasteiger partial charge in [0.15, 0.2) is 0 Å². The molecule has 0 aromatic carbocycles. The van der Waals surface area contributed by atoms with Gasteiger partial charge in [-0.05, 0) is 49.2 Å². The molecule has 0 radical (unpaired) electrons. The van der Waals surface area contributed by atoms with Crippen LogP contribution in [0, 0.1) is 0 Å². The molecule has 188 valence electrons. The van der Waals surface area contributed by atoms with Crippen molar-refractivity contribution in [2.45, 2.75) is 78.1 Å². The third kappa shape index (κ3) is 12.1. The second kappa shape index (κ2) is 18.7. The monoisotopic (exact) mass is 600 g/mol. The van der Waals surface area contributed by atoms with E-state index >= 15 is 0 Å². The van der Waals surface area contributed by atoms with Crippen molar-refractivity contribution in [3.8, 4) is 0 Å². The smallest absolute Gasteiger partial charge is 0.303 e. The number of hydrogen-bond donors (Lipinski definition) is 1. The zero-order valence-electron chi connectivity index (χ0n) is 19.8. The highest BCUT2D eigenvalue weighted by molar-refractivity contribution is 8.45. The first kappa shape index (κ1) is 30.7. The van der Waals surface area contributed by atoms with E-state index in [4.69, 9.17) is 5.11 Å². The Hall–Kier alpha value is 1.49. The largest absolute Gasteiger partial charge is 0.481 e. The van der Waals surface area contributed by atoms with Gasteiger partial charge in [-0.15, -0.1) is 47.0 Å². The van der Waals surface area contributed by atoms with Crippen molar-refractivity contribution < 1.29 is 9.90 Å². The van der Waals surface area contributed by atoms with Gasteiger partial charge in [-0.1, -0.05) is 93.0 Å². The minimum Gasteiger partial charge on any atom is -0.481 e. The van der Waals surface area contributed by atoms with Crippen molar-refractivity contribution >= 4 is 100 Å². The third-order valence-electron chi connectivity index (χ3n) is 4.66. The summed E-state index contributed by atoms with van der Waals surface area (Å²) in [6.45, 7) is 4.55. The van der Waals surface area contributed by atoms with Crippen molar-refractivity contribution in [3.05, 3.63) is 25.4 Å². The van der Waals surface area contributed by atoms with Crippen LogP contribution in [0.3, 0.4) is 0 Å². The molecule has 2 aliphatic heterocycles. The normalized spacial score (nSPS) is 16.6. The Bertz CT molecular complexity index is 691. The van der Waals surface area contributed by atoms with E-state index in [0.29, 0.717) is 6.42 Å². The van der Waals surface area contributed by atoms with Crippen LogP contribution in [-0.2, 0) is 4.79 Å². The van der Waals surface area contributed by atoms with E-state index in [-0.39, 0.29) is 0 Å². The number of hydrogen-bond acceptors (Lipinski definition) is 9. The maximum atomic E-state index is 10.7. The zero-order valence-corrected chi connectivity index (χ0v) is 26.3. The van der Waals surface area contributed by atoms with Crippen LogP contribution >= 0.6 is 94.1 Å². The Balaban J connectivity index is 1.90. The second-order valence-electron chi connectivity index (χ2n) is 7.50. The van der Waals surface area contributed by atoms with Crippen LogP contribution in [0.4, 0.5) is 0 Å². The average Bonchev–Trinajstić information content (AvgIpc) is 3.40. The highest BCUT2D eigenvalue weighted by atomic mass is 32.3. The molecule has 0 bridgehead atoms. The van der Waals surface area contributed by atoms with E-state index in [9.17, 15) is 4.79 Å². The van der Waals surface area contributed by atoms with Crippen LogP contribution in [0.1, 0.15) is 78.1 Å². The summed E-state index contributed by atoms with van der Waals surface area (Å²) in [5, 5.41) is 8.79. The molecule has 0 aliphatic carbocycles. The number of carboxylic acid groups (broad SMARTS) is 1. The molecule has 2 aliphatic rings. The van der Waals surface area contributed by atoms with Gasteiger partial charge in [-0.25, -0.2) is 0 Å². The van der Waals surface area contributed by atoms with Crippen molar-refractivity contribution in [2.24, 2.45) is 0 Å². The zero-order chi connectivity index (χ0) is 23.9. The maximum Gasteiger partial charge on any atom is 0.303 e. The SMILES string of the molecule is CCCCCSC1=C(SCCCCC)SC(=C2SC(SC)=C(SCCCCCC(=O)O)S2)S1. The van der Waals surface area contributed by atoms with Gasteiger partial charge in [0.25, 0.3) is 0 Å². The van der Waals surface area contributed by atoms with Crippen LogP contribution in [0.15, 0.2) is 25.4 Å². The van der Waals surface area contributed by atoms with Crippen molar-refractivity contribution in [1.82, 2.24) is 0 Å². The number of thioether (sulfide) groups is 8. The fourth-order valence-corrected chi connectivity index (χ4v) is 14.6. The van der Waals surface area contributed by atoms with Gasteiger partial charge in [0, 0.05) is 6.42 Å². The van der Waals surface area contributed by atoms with Gasteiger partial charge in [0.2, 0.25) is 0 Å². The first-order valence-corrected chi connectivity index (χ1v) is 19.1. The summed E-state index contributed by atoms with van der Waals surface area (Å²) in [7, 11) is 0. The summed E-state index contributed by atoms with van der Waals surface area (Å²) in [6.07, 6.45) is 13.2. The molecule has 0 saturated heterocycles. The molecule has 0 spiro atoms. The summed E-state index contributed by atoms with van der Waals surface area (Å²) < 4.78 is 8.87. The molecule has 1 N–H and O–H groups in total. The van der Waals surface area contributed by atoms with E-state index in [1.165, 1.54) is 75.5 Å². The van der Waals surface area contributed by atoms with Crippen molar-refractivity contribution in [3.63, 3.8) is 0 Å². The van der Waals surface area contributed by atoms with Gasteiger partial charge in [0.1, 0.15) is 0 Å². The molecule has 0 unspecified atom stereocenters. The van der Waals surface area contributed by atoms with Crippen LogP contribution < -0.4 is 0 Å². The Morgan fingerprint density at radius 1 is 0.667 bits per heavy atom. The van der Waals surface area contributed by atoms with Crippen molar-refractivity contribution in [1.29, 1.82) is 0 Å². The lowest BCUT2D eigenvalue weighted by Crippen LogP contribution is -1.93. The number of aliphatic carboxylic acids is 1. The molecule has 2 rings (SSSR count). The van der Waals surface area contributed by atoms with E-state index in [1.54, 1.807) is 0 Å².